The first kappa shape index (κ1) is 21.2. The number of carbonyl (C=O) groups is 2. The zero-order valence-corrected chi connectivity index (χ0v) is 18.0. The summed E-state index contributed by atoms with van der Waals surface area (Å²) in [4.78, 5) is 30.3. The first-order chi connectivity index (χ1) is 15.0. The lowest BCUT2D eigenvalue weighted by atomic mass is 9.94. The number of hydrogen-bond donors (Lipinski definition) is 1. The van der Waals surface area contributed by atoms with E-state index < -0.39 is 23.5 Å². The van der Waals surface area contributed by atoms with Gasteiger partial charge in [-0.25, -0.2) is 0 Å². The zero-order valence-electron chi connectivity index (χ0n) is 18.0. The lowest BCUT2D eigenvalue weighted by molar-refractivity contribution is -0.129. The number of Topliss-reactive ketones (excluding diaryl/α,β-unsaturated/α-hetero) is 1. The lowest BCUT2D eigenvalue weighted by Gasteiger charge is -2.32. The van der Waals surface area contributed by atoms with Crippen LogP contribution in [0.1, 0.15) is 47.2 Å². The molecular formula is C24H28N2O5. The number of carbonyl (C=O) groups excluding carboxylic acids is 2. The van der Waals surface area contributed by atoms with E-state index in [2.05, 4.69) is 4.90 Å². The van der Waals surface area contributed by atoms with Crippen molar-refractivity contribution >= 4 is 11.7 Å². The van der Waals surface area contributed by atoms with Gasteiger partial charge >= 0.3 is 0 Å². The van der Waals surface area contributed by atoms with Gasteiger partial charge in [0.2, 0.25) is 5.78 Å². The summed E-state index contributed by atoms with van der Waals surface area (Å²) in [5.41, 5.74) is 0.690. The molecule has 7 heteroatoms. The minimum absolute atomic E-state index is 0.0301. The third-order valence-electron chi connectivity index (χ3n) is 6.05. The van der Waals surface area contributed by atoms with Crippen molar-refractivity contribution < 1.29 is 23.8 Å². The molecule has 2 aliphatic heterocycles. The van der Waals surface area contributed by atoms with Gasteiger partial charge in [-0.2, -0.15) is 0 Å². The van der Waals surface area contributed by atoms with Crippen LogP contribution >= 0.6 is 0 Å². The molecule has 0 radical (unpaired) electrons. The fourth-order valence-corrected chi connectivity index (χ4v) is 4.45. The molecule has 31 heavy (non-hydrogen) atoms. The van der Waals surface area contributed by atoms with E-state index >= 15 is 0 Å². The smallest absolute Gasteiger partial charge is 0.290 e. The third-order valence-corrected chi connectivity index (χ3v) is 6.05. The molecule has 4 rings (SSSR count). The average molecular weight is 424 g/mol. The minimum atomic E-state index is -0.744. The molecule has 0 saturated carbocycles. The summed E-state index contributed by atoms with van der Waals surface area (Å²) < 4.78 is 11.0. The lowest BCUT2D eigenvalue weighted by Crippen LogP contribution is -2.40. The molecule has 2 aliphatic rings. The van der Waals surface area contributed by atoms with Crippen LogP contribution in [0.25, 0.3) is 0 Å². The number of methoxy groups -OCH3 is 1. The topological polar surface area (TPSA) is 83.2 Å². The molecule has 1 aromatic carbocycles. The molecule has 1 N–H and O–H groups in total. The number of aryl methyl sites for hydroxylation is 1. The third kappa shape index (κ3) is 4.10. The van der Waals surface area contributed by atoms with Gasteiger partial charge in [0.05, 0.1) is 18.7 Å². The minimum Gasteiger partial charge on any atom is -0.503 e. The number of piperidine rings is 1. The number of ketones is 1. The van der Waals surface area contributed by atoms with Crippen LogP contribution in [0.5, 0.6) is 5.75 Å². The predicted molar refractivity (Wildman–Crippen MR) is 115 cm³/mol. The molecule has 1 aromatic heterocycles. The molecular weight excluding hydrogens is 396 g/mol. The van der Waals surface area contributed by atoms with Crippen molar-refractivity contribution in [2.45, 2.75) is 32.2 Å². The Morgan fingerprint density at radius 1 is 1.13 bits per heavy atom. The summed E-state index contributed by atoms with van der Waals surface area (Å²) in [6.07, 6.45) is 3.52. The fourth-order valence-electron chi connectivity index (χ4n) is 4.45. The van der Waals surface area contributed by atoms with Crippen LogP contribution < -0.4 is 4.74 Å². The number of furan rings is 1. The largest absolute Gasteiger partial charge is 0.503 e. The van der Waals surface area contributed by atoms with Gasteiger partial charge in [0.1, 0.15) is 11.5 Å². The molecule has 1 saturated heterocycles. The van der Waals surface area contributed by atoms with Gasteiger partial charge in [-0.1, -0.05) is 24.6 Å². The van der Waals surface area contributed by atoms with Gasteiger partial charge in [-0.15, -0.1) is 0 Å². The van der Waals surface area contributed by atoms with Gasteiger partial charge in [-0.05, 0) is 51.1 Å². The van der Waals surface area contributed by atoms with Gasteiger partial charge in [0.25, 0.3) is 5.91 Å². The Hall–Kier alpha value is -3.06. The first-order valence-corrected chi connectivity index (χ1v) is 10.7. The summed E-state index contributed by atoms with van der Waals surface area (Å²) in [5.74, 6) is -0.310. The molecule has 0 spiro atoms. The number of hydrogen-bond acceptors (Lipinski definition) is 6. The van der Waals surface area contributed by atoms with E-state index in [-0.39, 0.29) is 11.3 Å². The second kappa shape index (κ2) is 8.98. The Labute approximate surface area is 181 Å². The van der Waals surface area contributed by atoms with E-state index in [4.69, 9.17) is 9.15 Å². The Balaban J connectivity index is 1.71. The normalized spacial score (nSPS) is 19.9. The Bertz CT molecular complexity index is 1000. The number of aliphatic hydroxyl groups excluding tert-OH is 1. The number of rotatable bonds is 7. The number of para-hydroxylation sites is 1. The van der Waals surface area contributed by atoms with Crippen LogP contribution in [0.15, 0.2) is 52.1 Å². The second-order valence-corrected chi connectivity index (χ2v) is 8.05. The average Bonchev–Trinajstić information content (AvgIpc) is 3.34. The zero-order chi connectivity index (χ0) is 22.0. The monoisotopic (exact) mass is 424 g/mol. The van der Waals surface area contributed by atoms with Crippen LogP contribution in [0.3, 0.4) is 0 Å². The first-order valence-electron chi connectivity index (χ1n) is 10.7. The molecule has 7 nitrogen and oxygen atoms in total. The maximum Gasteiger partial charge on any atom is 0.290 e. The maximum absolute atomic E-state index is 13.3. The van der Waals surface area contributed by atoms with E-state index in [0.29, 0.717) is 30.2 Å². The van der Waals surface area contributed by atoms with Crippen LogP contribution in [0.4, 0.5) is 0 Å². The molecule has 0 aliphatic carbocycles. The van der Waals surface area contributed by atoms with Crippen molar-refractivity contribution in [1.82, 2.24) is 9.80 Å². The Morgan fingerprint density at radius 2 is 1.87 bits per heavy atom. The van der Waals surface area contributed by atoms with Crippen LogP contribution in [-0.4, -0.2) is 59.9 Å². The van der Waals surface area contributed by atoms with Gasteiger partial charge in [0.15, 0.2) is 11.5 Å². The molecule has 1 amide bonds. The summed E-state index contributed by atoms with van der Waals surface area (Å²) in [7, 11) is 1.55. The van der Waals surface area contributed by atoms with E-state index in [1.165, 1.54) is 6.42 Å². The highest BCUT2D eigenvalue weighted by Crippen LogP contribution is 2.42. The number of aliphatic hydroxyl groups is 1. The fraction of sp³-hybridized carbons (Fsp3) is 0.417. The highest BCUT2D eigenvalue weighted by Gasteiger charge is 2.45. The molecule has 1 unspecified atom stereocenters. The molecule has 1 fully saturated rings. The highest BCUT2D eigenvalue weighted by atomic mass is 16.5. The van der Waals surface area contributed by atoms with Gasteiger partial charge in [-0.3, -0.25) is 9.59 Å². The summed E-state index contributed by atoms with van der Waals surface area (Å²) >= 11 is 0. The molecule has 3 heterocycles. The van der Waals surface area contributed by atoms with Crippen LogP contribution in [0.2, 0.25) is 0 Å². The number of ether oxygens (including phenoxy) is 1. The number of amides is 1. The quantitative estimate of drug-likeness (QED) is 0.683. The number of benzene rings is 1. The SMILES string of the molecule is COc1ccccc1C1C(C(=O)c2ccc(C)o2)=C(O)C(=O)N1CCN1CCCCC1. The summed E-state index contributed by atoms with van der Waals surface area (Å²) in [5, 5.41) is 10.8. The van der Waals surface area contributed by atoms with Gasteiger partial charge < -0.3 is 24.1 Å². The van der Waals surface area contributed by atoms with Crippen molar-refractivity contribution in [1.29, 1.82) is 0 Å². The van der Waals surface area contributed by atoms with E-state index in [9.17, 15) is 14.7 Å². The number of nitrogens with zero attached hydrogens (tertiary/aromatic N) is 2. The van der Waals surface area contributed by atoms with Crippen molar-refractivity contribution in [3.05, 3.63) is 64.8 Å². The number of likely N-dealkylation sites (tertiary alicyclic amines) is 1. The Morgan fingerprint density at radius 3 is 2.55 bits per heavy atom. The van der Waals surface area contributed by atoms with Gasteiger partial charge in [0, 0.05) is 18.7 Å². The summed E-state index contributed by atoms with van der Waals surface area (Å²) in [6, 6.07) is 9.79. The van der Waals surface area contributed by atoms with E-state index in [1.807, 2.05) is 18.2 Å². The molecule has 1 atom stereocenters. The van der Waals surface area contributed by atoms with Crippen molar-refractivity contribution in [2.75, 3.05) is 33.3 Å². The second-order valence-electron chi connectivity index (χ2n) is 8.05. The highest BCUT2D eigenvalue weighted by molar-refractivity contribution is 6.15. The molecule has 2 aromatic rings. The van der Waals surface area contributed by atoms with Crippen LogP contribution in [0, 0.1) is 6.92 Å². The predicted octanol–water partition coefficient (Wildman–Crippen LogP) is 3.66. The van der Waals surface area contributed by atoms with E-state index in [1.54, 1.807) is 37.1 Å². The molecule has 164 valence electrons. The maximum atomic E-state index is 13.3. The van der Waals surface area contributed by atoms with Crippen molar-refractivity contribution in [3.63, 3.8) is 0 Å². The van der Waals surface area contributed by atoms with E-state index in [0.717, 1.165) is 25.9 Å². The summed E-state index contributed by atoms with van der Waals surface area (Å²) in [6.45, 7) is 4.83. The van der Waals surface area contributed by atoms with Crippen molar-refractivity contribution in [2.24, 2.45) is 0 Å². The van der Waals surface area contributed by atoms with Crippen molar-refractivity contribution in [3.8, 4) is 5.75 Å². The molecule has 0 bridgehead atoms. The standard InChI is InChI=1S/C24H28N2O5/c1-16-10-11-19(31-16)22(27)20-21(17-8-4-5-9-18(17)30-2)26(24(29)23(20)28)15-14-25-12-6-3-7-13-25/h4-5,8-11,21,28H,3,6-7,12-15H2,1-2H3. The van der Waals surface area contributed by atoms with Crippen LogP contribution in [-0.2, 0) is 4.79 Å². The Kier molecular flexibility index (Phi) is 6.13.